The molecule has 0 aromatic rings. The van der Waals surface area contributed by atoms with E-state index in [9.17, 15) is 0 Å². The van der Waals surface area contributed by atoms with Gasteiger partial charge < -0.3 is 10.6 Å². The Balaban J connectivity index is 1.86. The average Bonchev–Trinajstić information content (AvgIpc) is 2.51. The molecule has 0 aromatic carbocycles. The fourth-order valence-corrected chi connectivity index (χ4v) is 5.02. The molecule has 2 heteroatoms. The van der Waals surface area contributed by atoms with Crippen molar-refractivity contribution < 1.29 is 0 Å². The second kappa shape index (κ2) is 7.00. The molecule has 0 spiro atoms. The highest BCUT2D eigenvalue weighted by Gasteiger charge is 2.38. The lowest BCUT2D eigenvalue weighted by molar-refractivity contribution is 0.137. The maximum Gasteiger partial charge on any atom is 0.0144 e. The van der Waals surface area contributed by atoms with Crippen LogP contribution in [0.25, 0.3) is 0 Å². The van der Waals surface area contributed by atoms with Gasteiger partial charge in [0.2, 0.25) is 0 Å². The lowest BCUT2D eigenvalue weighted by Crippen LogP contribution is -2.62. The lowest BCUT2D eigenvalue weighted by atomic mass is 9.79. The van der Waals surface area contributed by atoms with Crippen molar-refractivity contribution in [1.82, 2.24) is 10.6 Å². The highest BCUT2D eigenvalue weighted by Crippen LogP contribution is 2.31. The second-order valence-corrected chi connectivity index (χ2v) is 9.02. The van der Waals surface area contributed by atoms with E-state index >= 15 is 0 Å². The van der Waals surface area contributed by atoms with Crippen molar-refractivity contribution in [1.29, 1.82) is 0 Å². The third-order valence-corrected chi connectivity index (χ3v) is 5.45. The molecule has 21 heavy (non-hydrogen) atoms. The van der Waals surface area contributed by atoms with Crippen molar-refractivity contribution >= 4 is 0 Å². The largest absolute Gasteiger partial charge is 0.311 e. The highest BCUT2D eigenvalue weighted by atomic mass is 15.1. The van der Waals surface area contributed by atoms with Gasteiger partial charge >= 0.3 is 0 Å². The van der Waals surface area contributed by atoms with Gasteiger partial charge in [0.05, 0.1) is 0 Å². The van der Waals surface area contributed by atoms with E-state index in [1.165, 1.54) is 57.8 Å². The summed E-state index contributed by atoms with van der Waals surface area (Å²) in [5.74, 6) is 1.00. The normalized spacial score (nSPS) is 33.6. The average molecular weight is 295 g/mol. The number of rotatable bonds is 4. The van der Waals surface area contributed by atoms with Crippen molar-refractivity contribution in [2.45, 2.75) is 116 Å². The lowest BCUT2D eigenvalue weighted by Gasteiger charge is -2.47. The standard InChI is InChI=1S/C19H38N2/c1-6-8-15-9-7-10-16(12-11-15)20-17-13-18(2,3)21-19(4,5)14-17/h15-17,20-21H,6-14H2,1-5H3. The van der Waals surface area contributed by atoms with E-state index in [4.69, 9.17) is 0 Å². The Labute approximate surface area is 132 Å². The molecule has 0 radical (unpaired) electrons. The predicted molar refractivity (Wildman–Crippen MR) is 92.7 cm³/mol. The molecule has 2 unspecified atom stereocenters. The zero-order chi connectivity index (χ0) is 15.5. The Bertz CT molecular complexity index is 306. The molecule has 0 amide bonds. The van der Waals surface area contributed by atoms with Gasteiger partial charge in [-0.15, -0.1) is 0 Å². The Hall–Kier alpha value is -0.0800. The fraction of sp³-hybridized carbons (Fsp3) is 1.00. The van der Waals surface area contributed by atoms with Gasteiger partial charge in [-0.05, 0) is 65.7 Å². The smallest absolute Gasteiger partial charge is 0.0144 e. The maximum atomic E-state index is 4.03. The molecule has 124 valence electrons. The Kier molecular flexibility index (Phi) is 5.76. The van der Waals surface area contributed by atoms with Crippen LogP contribution in [0.1, 0.15) is 92.4 Å². The molecule has 2 atom stereocenters. The maximum absolute atomic E-state index is 4.03. The van der Waals surface area contributed by atoms with Crippen LogP contribution < -0.4 is 10.6 Å². The van der Waals surface area contributed by atoms with Crippen molar-refractivity contribution in [3.8, 4) is 0 Å². The zero-order valence-electron chi connectivity index (χ0n) is 15.1. The third-order valence-electron chi connectivity index (χ3n) is 5.45. The van der Waals surface area contributed by atoms with E-state index in [0.717, 1.165) is 12.0 Å². The van der Waals surface area contributed by atoms with Crippen LogP contribution in [-0.2, 0) is 0 Å². The first-order valence-corrected chi connectivity index (χ1v) is 9.35. The molecular formula is C19H38N2. The van der Waals surface area contributed by atoms with E-state index in [0.29, 0.717) is 6.04 Å². The summed E-state index contributed by atoms with van der Waals surface area (Å²) in [6, 6.07) is 1.45. The summed E-state index contributed by atoms with van der Waals surface area (Å²) in [6.45, 7) is 11.7. The molecule has 1 aliphatic carbocycles. The third kappa shape index (κ3) is 5.56. The van der Waals surface area contributed by atoms with Crippen molar-refractivity contribution in [3.05, 3.63) is 0 Å². The summed E-state index contributed by atoms with van der Waals surface area (Å²) in [6.07, 6.45) is 12.5. The number of piperidine rings is 1. The molecule has 1 aliphatic heterocycles. The van der Waals surface area contributed by atoms with Gasteiger partial charge in [-0.1, -0.05) is 32.6 Å². The number of hydrogen-bond acceptors (Lipinski definition) is 2. The molecule has 2 aliphatic rings. The second-order valence-electron chi connectivity index (χ2n) is 9.02. The summed E-state index contributed by atoms with van der Waals surface area (Å²) >= 11 is 0. The van der Waals surface area contributed by atoms with Crippen molar-refractivity contribution in [3.63, 3.8) is 0 Å². The molecule has 2 fully saturated rings. The minimum Gasteiger partial charge on any atom is -0.311 e. The van der Waals surface area contributed by atoms with Crippen LogP contribution in [0.4, 0.5) is 0 Å². The van der Waals surface area contributed by atoms with Gasteiger partial charge in [-0.3, -0.25) is 0 Å². The summed E-state index contributed by atoms with van der Waals surface area (Å²) in [7, 11) is 0. The Morgan fingerprint density at radius 1 is 0.905 bits per heavy atom. The molecule has 0 bridgehead atoms. The van der Waals surface area contributed by atoms with Crippen LogP contribution in [0.3, 0.4) is 0 Å². The van der Waals surface area contributed by atoms with Gasteiger partial charge in [-0.25, -0.2) is 0 Å². The van der Waals surface area contributed by atoms with Crippen LogP contribution in [0.5, 0.6) is 0 Å². The summed E-state index contributed by atoms with van der Waals surface area (Å²) in [5, 5.41) is 7.83. The molecule has 1 saturated carbocycles. The molecule has 2 nitrogen and oxygen atoms in total. The molecule has 0 aromatic heterocycles. The van der Waals surface area contributed by atoms with Crippen LogP contribution in [0, 0.1) is 5.92 Å². The first-order chi connectivity index (χ1) is 9.80. The van der Waals surface area contributed by atoms with E-state index in [1.54, 1.807) is 0 Å². The van der Waals surface area contributed by atoms with Crippen LogP contribution >= 0.6 is 0 Å². The minimum atomic E-state index is 0.259. The SMILES string of the molecule is CCCC1CCCC(NC2CC(C)(C)NC(C)(C)C2)CC1. The van der Waals surface area contributed by atoms with Crippen LogP contribution in [-0.4, -0.2) is 23.2 Å². The molecule has 1 saturated heterocycles. The fourth-order valence-electron chi connectivity index (χ4n) is 5.02. The zero-order valence-corrected chi connectivity index (χ0v) is 15.1. The molecule has 2 rings (SSSR count). The summed E-state index contributed by atoms with van der Waals surface area (Å²) in [4.78, 5) is 0. The van der Waals surface area contributed by atoms with E-state index in [1.807, 2.05) is 0 Å². The first-order valence-electron chi connectivity index (χ1n) is 9.35. The highest BCUT2D eigenvalue weighted by molar-refractivity contribution is 5.00. The monoisotopic (exact) mass is 294 g/mol. The van der Waals surface area contributed by atoms with E-state index in [-0.39, 0.29) is 11.1 Å². The Morgan fingerprint density at radius 3 is 2.19 bits per heavy atom. The van der Waals surface area contributed by atoms with Gasteiger partial charge in [0.25, 0.3) is 0 Å². The predicted octanol–water partition coefficient (Wildman–Crippen LogP) is 4.63. The van der Waals surface area contributed by atoms with Gasteiger partial charge in [0, 0.05) is 23.2 Å². The van der Waals surface area contributed by atoms with Crippen LogP contribution in [0.2, 0.25) is 0 Å². The number of nitrogens with one attached hydrogen (secondary N) is 2. The number of hydrogen-bond donors (Lipinski definition) is 2. The summed E-state index contributed by atoms with van der Waals surface area (Å²) in [5.41, 5.74) is 0.518. The minimum absolute atomic E-state index is 0.259. The Morgan fingerprint density at radius 2 is 1.57 bits per heavy atom. The van der Waals surface area contributed by atoms with E-state index < -0.39 is 0 Å². The van der Waals surface area contributed by atoms with Crippen molar-refractivity contribution in [2.75, 3.05) is 0 Å². The molecular weight excluding hydrogens is 256 g/mol. The van der Waals surface area contributed by atoms with Gasteiger partial charge in [-0.2, -0.15) is 0 Å². The first kappa shape index (κ1) is 17.3. The molecule has 2 N–H and O–H groups in total. The molecule has 1 heterocycles. The van der Waals surface area contributed by atoms with Crippen LogP contribution in [0.15, 0.2) is 0 Å². The topological polar surface area (TPSA) is 24.1 Å². The quantitative estimate of drug-likeness (QED) is 0.738. The van der Waals surface area contributed by atoms with Gasteiger partial charge in [0.1, 0.15) is 0 Å². The van der Waals surface area contributed by atoms with Gasteiger partial charge in [0.15, 0.2) is 0 Å². The summed E-state index contributed by atoms with van der Waals surface area (Å²) < 4.78 is 0. The van der Waals surface area contributed by atoms with E-state index in [2.05, 4.69) is 45.3 Å². The van der Waals surface area contributed by atoms with Crippen molar-refractivity contribution in [2.24, 2.45) is 5.92 Å².